The molecule has 0 amide bonds. The molecule has 12 heavy (non-hydrogen) atoms. The van der Waals surface area contributed by atoms with Gasteiger partial charge in [0.05, 0.1) is 0 Å². The second kappa shape index (κ2) is 29.2. The van der Waals surface area contributed by atoms with Crippen LogP contribution in [0.3, 0.4) is 0 Å². The van der Waals surface area contributed by atoms with Crippen LogP contribution in [-0.2, 0) is 65.4 Å². The molecular weight excluding hydrogens is 298 g/mol. The molecule has 74 valence electrons. The molecule has 0 nitrogen and oxygen atoms in total. The molecule has 0 aliphatic carbocycles. The van der Waals surface area contributed by atoms with Crippen LogP contribution in [0.5, 0.6) is 0 Å². The van der Waals surface area contributed by atoms with Gasteiger partial charge in [-0.2, -0.15) is 6.92 Å². The number of hydrogen-bond acceptors (Lipinski definition) is 0. The van der Waals surface area contributed by atoms with E-state index in [1.165, 1.54) is 0 Å². The van der Waals surface area contributed by atoms with Crippen LogP contribution in [-0.4, -0.2) is 0 Å². The molecule has 2 radical (unpaired) electrons. The molecule has 2 heteroatoms. The largest absolute Gasteiger partial charge is 0.346 e. The minimum Gasteiger partial charge on any atom is -0.346 e. The Morgan fingerprint density at radius 1 is 0.750 bits per heavy atom. The van der Waals surface area contributed by atoms with Crippen molar-refractivity contribution in [2.75, 3.05) is 0 Å². The van der Waals surface area contributed by atoms with E-state index in [2.05, 4.69) is 34.6 Å². The Hall–Kier alpha value is 2.21. The van der Waals surface area contributed by atoms with Crippen LogP contribution < -0.4 is 0 Å². The molecule has 0 rings (SSSR count). The quantitative estimate of drug-likeness (QED) is 0.573. The molecule has 0 bridgehead atoms. The molecular formula is C10H27Y2-. The first-order chi connectivity index (χ1) is 4.00. The summed E-state index contributed by atoms with van der Waals surface area (Å²) in [5.41, 5.74) is 0.500. The Bertz CT molecular complexity index is 23.3. The van der Waals surface area contributed by atoms with Gasteiger partial charge in [-0.3, -0.25) is 0 Å². The van der Waals surface area contributed by atoms with E-state index in [4.69, 9.17) is 0 Å². The second-order valence-electron chi connectivity index (χ2n) is 3.00. The first-order valence-corrected chi connectivity index (χ1v) is 3.71. The van der Waals surface area contributed by atoms with Crippen LogP contribution >= 0.6 is 0 Å². The topological polar surface area (TPSA) is 0 Å². The molecule has 0 aromatic heterocycles. The molecule has 0 aliphatic rings. The van der Waals surface area contributed by atoms with Crippen molar-refractivity contribution < 1.29 is 65.4 Å². The molecule has 0 fully saturated rings. The molecule has 0 aromatic rings. The van der Waals surface area contributed by atoms with E-state index in [0.717, 1.165) is 0 Å². The molecule has 0 N–H and O–H groups in total. The Morgan fingerprint density at radius 2 is 0.750 bits per heavy atom. The van der Waals surface area contributed by atoms with Gasteiger partial charge in [-0.25, -0.2) is 0 Å². The van der Waals surface area contributed by atoms with E-state index in [1.807, 2.05) is 13.8 Å². The van der Waals surface area contributed by atoms with Crippen molar-refractivity contribution in [3.63, 3.8) is 0 Å². The summed E-state index contributed by atoms with van der Waals surface area (Å²) in [6.07, 6.45) is 0. The summed E-state index contributed by atoms with van der Waals surface area (Å²) in [7, 11) is 0. The Balaban J connectivity index is -0.0000000116. The smallest absolute Gasteiger partial charge is 0 e. The van der Waals surface area contributed by atoms with Crippen molar-refractivity contribution in [2.45, 2.75) is 55.9 Å². The third kappa shape index (κ3) is 315. The van der Waals surface area contributed by atoms with Gasteiger partial charge in [0.15, 0.2) is 0 Å². The summed E-state index contributed by atoms with van der Waals surface area (Å²) in [6, 6.07) is 0. The summed E-state index contributed by atoms with van der Waals surface area (Å²) in [4.78, 5) is 0. The third-order valence-electron chi connectivity index (χ3n) is 0. The Kier molecular flexibility index (Phi) is 89.6. The van der Waals surface area contributed by atoms with E-state index in [-0.39, 0.29) is 72.8 Å². The van der Waals surface area contributed by atoms with Crippen molar-refractivity contribution in [1.82, 2.24) is 0 Å². The summed E-state index contributed by atoms with van der Waals surface area (Å²) in [5.74, 6) is 0. The predicted octanol–water partition coefficient (Wildman–Crippen LogP) is 4.55. The van der Waals surface area contributed by atoms with Crippen LogP contribution in [0, 0.1) is 12.3 Å². The van der Waals surface area contributed by atoms with E-state index in [1.54, 1.807) is 6.92 Å². The molecule has 0 atom stereocenters. The fourth-order valence-electron chi connectivity index (χ4n) is 0. The molecule has 0 heterocycles. The van der Waals surface area contributed by atoms with Gasteiger partial charge in [-0.1, -0.05) is 49.0 Å². The van der Waals surface area contributed by atoms with E-state index in [0.29, 0.717) is 5.41 Å². The normalized spacial score (nSPS) is 6.00. The summed E-state index contributed by atoms with van der Waals surface area (Å²) < 4.78 is 0. The van der Waals surface area contributed by atoms with Gasteiger partial charge in [0, 0.05) is 65.4 Å². The van der Waals surface area contributed by atoms with Crippen LogP contribution in [0.4, 0.5) is 0 Å². The van der Waals surface area contributed by atoms with E-state index < -0.39 is 0 Å². The molecule has 0 spiro atoms. The minimum absolute atomic E-state index is 0. The monoisotopic (exact) mass is 325 g/mol. The first-order valence-electron chi connectivity index (χ1n) is 3.71. The Labute approximate surface area is 132 Å². The first kappa shape index (κ1) is 36.8. The molecule has 0 aromatic carbocycles. The summed E-state index contributed by atoms with van der Waals surface area (Å²) >= 11 is 0. The summed E-state index contributed by atoms with van der Waals surface area (Å²) in [6.45, 7) is 17.8. The van der Waals surface area contributed by atoms with Crippen molar-refractivity contribution in [3.05, 3.63) is 6.92 Å². The van der Waals surface area contributed by atoms with Crippen molar-refractivity contribution in [2.24, 2.45) is 5.41 Å². The van der Waals surface area contributed by atoms with Gasteiger partial charge in [0.25, 0.3) is 0 Å². The van der Waals surface area contributed by atoms with Gasteiger partial charge < -0.3 is 6.92 Å². The third-order valence-corrected chi connectivity index (χ3v) is 0. The van der Waals surface area contributed by atoms with Crippen molar-refractivity contribution in [1.29, 1.82) is 0 Å². The number of rotatable bonds is 0. The van der Waals surface area contributed by atoms with E-state index in [9.17, 15) is 0 Å². The second-order valence-corrected chi connectivity index (χ2v) is 3.00. The standard InChI is InChI=1S/C5H12.C2H6.C2H5.CH4.2Y/c1-5(2,3)4;2*1-2;;;/h1-4H3;1-2H3;1H2,2H3;1H4;;/q;;-1;;;. The zero-order chi connectivity index (χ0) is 8.50. The van der Waals surface area contributed by atoms with E-state index >= 15 is 0 Å². The molecule has 0 unspecified atom stereocenters. The fraction of sp³-hybridized carbons (Fsp3) is 0.900. The van der Waals surface area contributed by atoms with Crippen LogP contribution in [0.2, 0.25) is 0 Å². The van der Waals surface area contributed by atoms with Crippen molar-refractivity contribution >= 4 is 0 Å². The average molecular weight is 325 g/mol. The van der Waals surface area contributed by atoms with Gasteiger partial charge in [-0.15, -0.1) is 0 Å². The maximum Gasteiger partial charge on any atom is 0 e. The van der Waals surface area contributed by atoms with Crippen molar-refractivity contribution in [3.8, 4) is 0 Å². The maximum absolute atomic E-state index is 3.25. The van der Waals surface area contributed by atoms with Crippen LogP contribution in [0.15, 0.2) is 0 Å². The van der Waals surface area contributed by atoms with Gasteiger partial charge >= 0.3 is 0 Å². The Morgan fingerprint density at radius 3 is 0.750 bits per heavy atom. The van der Waals surface area contributed by atoms with Gasteiger partial charge in [0.2, 0.25) is 0 Å². The molecule has 0 saturated heterocycles. The van der Waals surface area contributed by atoms with Crippen LogP contribution in [0.25, 0.3) is 0 Å². The SMILES string of the molecule is C.CC.CC(C)(C)C.[CH2-]C.[Y].[Y]. The summed E-state index contributed by atoms with van der Waals surface area (Å²) in [5, 5.41) is 0. The predicted molar refractivity (Wildman–Crippen MR) is 54.2 cm³/mol. The average Bonchev–Trinajstić information content (AvgIpc) is 1.72. The van der Waals surface area contributed by atoms with Crippen LogP contribution in [0.1, 0.15) is 55.9 Å². The fourth-order valence-corrected chi connectivity index (χ4v) is 0. The maximum atomic E-state index is 3.25. The van der Waals surface area contributed by atoms with Gasteiger partial charge in [-0.05, 0) is 5.41 Å². The minimum atomic E-state index is 0. The van der Waals surface area contributed by atoms with Gasteiger partial charge in [0.1, 0.15) is 0 Å². The zero-order valence-electron chi connectivity index (χ0n) is 9.36. The number of hydrogen-bond donors (Lipinski definition) is 0. The molecule has 0 aliphatic heterocycles. The zero-order valence-corrected chi connectivity index (χ0v) is 15.0. The molecule has 0 saturated carbocycles.